The van der Waals surface area contributed by atoms with Gasteiger partial charge in [0.15, 0.2) is 0 Å². The molecule has 0 saturated carbocycles. The lowest BCUT2D eigenvalue weighted by Crippen LogP contribution is -1.87. The first-order valence-corrected chi connectivity index (χ1v) is 6.54. The molecule has 0 unspecified atom stereocenters. The Morgan fingerprint density at radius 1 is 0.600 bits per heavy atom. The first kappa shape index (κ1) is 13.0. The molecule has 20 heavy (non-hydrogen) atoms. The van der Waals surface area contributed by atoms with E-state index in [1.807, 2.05) is 24.3 Å². The smallest absolute Gasteiger partial charge is 0.222 e. The molecule has 2 aromatic heterocycles. The van der Waals surface area contributed by atoms with Crippen molar-refractivity contribution in [1.29, 1.82) is 0 Å². The number of rotatable bonds is 2. The van der Waals surface area contributed by atoms with Crippen LogP contribution in [0.5, 0.6) is 0 Å². The van der Waals surface area contributed by atoms with Crippen molar-refractivity contribution in [2.45, 2.75) is 0 Å². The predicted octanol–water partition coefficient (Wildman–Crippen LogP) is 3.91. The zero-order valence-electron chi connectivity index (χ0n) is 10.2. The van der Waals surface area contributed by atoms with Crippen LogP contribution in [0.3, 0.4) is 0 Å². The van der Waals surface area contributed by atoms with E-state index in [1.165, 1.54) is 0 Å². The van der Waals surface area contributed by atoms with E-state index in [0.717, 1.165) is 22.3 Å². The van der Waals surface area contributed by atoms with Gasteiger partial charge in [-0.1, -0.05) is 18.2 Å². The fraction of sp³-hybridized carbons (Fsp3) is 0. The molecule has 0 aliphatic carbocycles. The summed E-state index contributed by atoms with van der Waals surface area (Å²) in [4.78, 5) is 15.9. The summed E-state index contributed by atoms with van der Waals surface area (Å²) in [6.45, 7) is 0. The fourth-order valence-electron chi connectivity index (χ4n) is 1.80. The third-order valence-electron chi connectivity index (χ3n) is 2.77. The van der Waals surface area contributed by atoms with Gasteiger partial charge in [0.1, 0.15) is 0 Å². The number of hydrogen-bond donors (Lipinski definition) is 0. The third kappa shape index (κ3) is 2.76. The number of hydrogen-bond acceptors (Lipinski definition) is 4. The largest absolute Gasteiger partial charge is 0.226 e. The van der Waals surface area contributed by atoms with Gasteiger partial charge in [0, 0.05) is 35.9 Å². The zero-order chi connectivity index (χ0) is 13.9. The van der Waals surface area contributed by atoms with Gasteiger partial charge in [0.2, 0.25) is 10.6 Å². The van der Waals surface area contributed by atoms with Crippen molar-refractivity contribution in [3.05, 3.63) is 59.6 Å². The van der Waals surface area contributed by atoms with Crippen molar-refractivity contribution in [2.75, 3.05) is 0 Å². The summed E-state index contributed by atoms with van der Waals surface area (Å²) in [5, 5.41) is 0.465. The maximum absolute atomic E-state index is 5.69. The normalized spacial score (nSPS) is 10.5. The van der Waals surface area contributed by atoms with Crippen LogP contribution in [0.25, 0.3) is 22.3 Å². The first-order valence-electron chi connectivity index (χ1n) is 5.78. The van der Waals surface area contributed by atoms with Gasteiger partial charge in [-0.05, 0) is 40.4 Å². The van der Waals surface area contributed by atoms with E-state index < -0.39 is 0 Å². The highest BCUT2D eigenvalue weighted by molar-refractivity contribution is 6.28. The Bertz CT molecular complexity index is 666. The first-order chi connectivity index (χ1) is 9.72. The monoisotopic (exact) mass is 302 g/mol. The average molecular weight is 303 g/mol. The minimum Gasteiger partial charge on any atom is -0.226 e. The minimum atomic E-state index is 0.232. The number of benzene rings is 1. The Kier molecular flexibility index (Phi) is 3.58. The van der Waals surface area contributed by atoms with E-state index in [-0.39, 0.29) is 10.6 Å². The average Bonchev–Trinajstić information content (AvgIpc) is 2.49. The quantitative estimate of drug-likeness (QED) is 0.674. The Balaban J connectivity index is 2.01. The fourth-order valence-corrected chi connectivity index (χ4v) is 2.00. The molecule has 4 nitrogen and oxygen atoms in total. The molecule has 0 aliphatic rings. The van der Waals surface area contributed by atoms with Gasteiger partial charge in [0.25, 0.3) is 0 Å². The minimum absolute atomic E-state index is 0.232. The lowest BCUT2D eigenvalue weighted by atomic mass is 10.0. The van der Waals surface area contributed by atoms with E-state index in [4.69, 9.17) is 23.2 Å². The molecule has 0 bridgehead atoms. The predicted molar refractivity (Wildman–Crippen MR) is 78.5 cm³/mol. The van der Waals surface area contributed by atoms with Crippen LogP contribution in [0.4, 0.5) is 0 Å². The van der Waals surface area contributed by atoms with Crippen LogP contribution in [0.2, 0.25) is 10.6 Å². The molecule has 0 fully saturated rings. The molecule has 0 saturated heterocycles. The lowest BCUT2D eigenvalue weighted by molar-refractivity contribution is 1.17. The van der Waals surface area contributed by atoms with Gasteiger partial charge >= 0.3 is 0 Å². The molecule has 3 rings (SSSR count). The second-order valence-electron chi connectivity index (χ2n) is 4.06. The van der Waals surface area contributed by atoms with Gasteiger partial charge in [-0.15, -0.1) is 0 Å². The van der Waals surface area contributed by atoms with E-state index in [1.54, 1.807) is 24.8 Å². The molecule has 1 aromatic carbocycles. The van der Waals surface area contributed by atoms with Crippen molar-refractivity contribution in [1.82, 2.24) is 19.9 Å². The summed E-state index contributed by atoms with van der Waals surface area (Å²) in [5.74, 6) is 0. The lowest BCUT2D eigenvalue weighted by Gasteiger charge is -2.05. The standard InChI is InChI=1S/C14H8Cl2N4/c15-13-17-5-11(6-18-13)9-2-1-3-10(4-9)12-7-19-14(16)20-8-12/h1-8H. The van der Waals surface area contributed by atoms with Crippen molar-refractivity contribution in [2.24, 2.45) is 0 Å². The maximum Gasteiger partial charge on any atom is 0.222 e. The zero-order valence-corrected chi connectivity index (χ0v) is 11.7. The van der Waals surface area contributed by atoms with Gasteiger partial charge in [-0.2, -0.15) is 0 Å². The highest BCUT2D eigenvalue weighted by atomic mass is 35.5. The second-order valence-corrected chi connectivity index (χ2v) is 4.74. The van der Waals surface area contributed by atoms with E-state index in [0.29, 0.717) is 0 Å². The van der Waals surface area contributed by atoms with Gasteiger partial charge in [0.05, 0.1) is 0 Å². The molecule has 0 aliphatic heterocycles. The Labute approximate surface area is 125 Å². The second kappa shape index (κ2) is 5.53. The number of halogens is 2. The molecule has 98 valence electrons. The van der Waals surface area contributed by atoms with Crippen LogP contribution in [-0.4, -0.2) is 19.9 Å². The third-order valence-corrected chi connectivity index (χ3v) is 3.16. The molecule has 3 aromatic rings. The number of nitrogens with zero attached hydrogens (tertiary/aromatic N) is 4. The van der Waals surface area contributed by atoms with E-state index in [9.17, 15) is 0 Å². The van der Waals surface area contributed by atoms with Crippen molar-refractivity contribution >= 4 is 23.2 Å². The molecule has 0 spiro atoms. The molecule has 0 N–H and O–H groups in total. The molecule has 2 heterocycles. The summed E-state index contributed by atoms with van der Waals surface area (Å²) < 4.78 is 0. The van der Waals surface area contributed by atoms with Crippen LogP contribution < -0.4 is 0 Å². The van der Waals surface area contributed by atoms with Gasteiger partial charge < -0.3 is 0 Å². The SMILES string of the molecule is Clc1ncc(-c2cccc(-c3cnc(Cl)nc3)c2)cn1. The molecular formula is C14H8Cl2N4. The summed E-state index contributed by atoms with van der Waals surface area (Å²) in [6.07, 6.45) is 6.75. The molecule has 0 radical (unpaired) electrons. The summed E-state index contributed by atoms with van der Waals surface area (Å²) in [5.41, 5.74) is 3.78. The summed E-state index contributed by atoms with van der Waals surface area (Å²) in [6, 6.07) is 7.92. The van der Waals surface area contributed by atoms with Crippen molar-refractivity contribution < 1.29 is 0 Å². The highest BCUT2D eigenvalue weighted by Gasteiger charge is 2.04. The van der Waals surface area contributed by atoms with Crippen LogP contribution in [-0.2, 0) is 0 Å². The highest BCUT2D eigenvalue weighted by Crippen LogP contribution is 2.25. The van der Waals surface area contributed by atoms with Crippen LogP contribution >= 0.6 is 23.2 Å². The van der Waals surface area contributed by atoms with E-state index >= 15 is 0 Å². The van der Waals surface area contributed by atoms with E-state index in [2.05, 4.69) is 19.9 Å². The van der Waals surface area contributed by atoms with Gasteiger partial charge in [-0.25, -0.2) is 19.9 Å². The van der Waals surface area contributed by atoms with Crippen LogP contribution in [0.1, 0.15) is 0 Å². The Hall–Kier alpha value is -2.04. The Morgan fingerprint density at radius 3 is 1.40 bits per heavy atom. The molecule has 0 amide bonds. The van der Waals surface area contributed by atoms with Gasteiger partial charge in [-0.3, -0.25) is 0 Å². The van der Waals surface area contributed by atoms with Crippen LogP contribution in [0, 0.1) is 0 Å². The van der Waals surface area contributed by atoms with Crippen molar-refractivity contribution in [3.63, 3.8) is 0 Å². The number of aromatic nitrogens is 4. The maximum atomic E-state index is 5.69. The molecular weight excluding hydrogens is 295 g/mol. The summed E-state index contributed by atoms with van der Waals surface area (Å²) in [7, 11) is 0. The topological polar surface area (TPSA) is 51.6 Å². The van der Waals surface area contributed by atoms with Crippen LogP contribution in [0.15, 0.2) is 49.1 Å². The summed E-state index contributed by atoms with van der Waals surface area (Å²) >= 11 is 11.4. The molecule has 0 atom stereocenters. The Morgan fingerprint density at radius 2 is 1.00 bits per heavy atom. The van der Waals surface area contributed by atoms with Crippen molar-refractivity contribution in [3.8, 4) is 22.3 Å². The molecule has 6 heteroatoms.